The van der Waals surface area contributed by atoms with Gasteiger partial charge in [0.25, 0.3) is 0 Å². The van der Waals surface area contributed by atoms with E-state index in [0.717, 1.165) is 24.2 Å². The highest BCUT2D eigenvalue weighted by atomic mass is 19.4. The molecule has 0 bridgehead atoms. The van der Waals surface area contributed by atoms with Crippen LogP contribution in [0.1, 0.15) is 29.6 Å². The summed E-state index contributed by atoms with van der Waals surface area (Å²) < 4.78 is 37.9. The van der Waals surface area contributed by atoms with Gasteiger partial charge in [0.15, 0.2) is 0 Å². The Morgan fingerprint density at radius 1 is 1.14 bits per heavy atom. The van der Waals surface area contributed by atoms with Gasteiger partial charge in [0.1, 0.15) is 11.6 Å². The van der Waals surface area contributed by atoms with Gasteiger partial charge in [-0.25, -0.2) is 9.97 Å². The van der Waals surface area contributed by atoms with Gasteiger partial charge in [0.05, 0.1) is 5.56 Å². The van der Waals surface area contributed by atoms with Crippen molar-refractivity contribution in [2.24, 2.45) is 0 Å². The molecule has 21 heavy (non-hydrogen) atoms. The van der Waals surface area contributed by atoms with Crippen molar-refractivity contribution in [2.75, 3.05) is 5.32 Å². The number of hydrogen-bond donors (Lipinski definition) is 1. The van der Waals surface area contributed by atoms with Crippen LogP contribution in [0.4, 0.5) is 19.0 Å². The molecule has 0 aliphatic heterocycles. The average Bonchev–Trinajstić information content (AvgIpc) is 2.44. The maximum Gasteiger partial charge on any atom is 0.416 e. The Balaban J connectivity index is 2.11. The zero-order valence-corrected chi connectivity index (χ0v) is 11.8. The van der Waals surface area contributed by atoms with Gasteiger partial charge in [-0.2, -0.15) is 13.2 Å². The normalized spacial score (nSPS) is 11.5. The van der Waals surface area contributed by atoms with E-state index in [1.807, 2.05) is 6.92 Å². The van der Waals surface area contributed by atoms with Crippen molar-refractivity contribution in [1.82, 2.24) is 9.97 Å². The quantitative estimate of drug-likeness (QED) is 0.927. The van der Waals surface area contributed by atoms with E-state index < -0.39 is 11.7 Å². The predicted molar refractivity (Wildman–Crippen MR) is 74.9 cm³/mol. The molecular formula is C15H16F3N3. The summed E-state index contributed by atoms with van der Waals surface area (Å²) in [6.45, 7) is 4.05. The third kappa shape index (κ3) is 4.18. The highest BCUT2D eigenvalue weighted by Crippen LogP contribution is 2.29. The number of alkyl halides is 3. The van der Waals surface area contributed by atoms with Gasteiger partial charge in [0.2, 0.25) is 0 Å². The Kier molecular flexibility index (Phi) is 4.45. The molecule has 0 saturated heterocycles. The van der Waals surface area contributed by atoms with Crippen molar-refractivity contribution >= 4 is 5.82 Å². The largest absolute Gasteiger partial charge is 0.416 e. The first-order valence-electron chi connectivity index (χ1n) is 6.63. The van der Waals surface area contributed by atoms with E-state index in [2.05, 4.69) is 15.3 Å². The van der Waals surface area contributed by atoms with E-state index in [1.54, 1.807) is 19.1 Å². The molecule has 112 valence electrons. The Bertz CT molecular complexity index is 624. The maximum absolute atomic E-state index is 12.6. The lowest BCUT2D eigenvalue weighted by Gasteiger charge is -2.10. The summed E-state index contributed by atoms with van der Waals surface area (Å²) in [5.41, 5.74) is 0.808. The molecule has 0 fully saturated rings. The first kappa shape index (κ1) is 15.3. The summed E-state index contributed by atoms with van der Waals surface area (Å²) in [4.78, 5) is 8.48. The average molecular weight is 295 g/mol. The zero-order chi connectivity index (χ0) is 15.5. The van der Waals surface area contributed by atoms with Gasteiger partial charge in [-0.3, -0.25) is 0 Å². The highest BCUT2D eigenvalue weighted by Gasteiger charge is 2.30. The lowest BCUT2D eigenvalue weighted by Crippen LogP contribution is -2.08. The third-order valence-electron chi connectivity index (χ3n) is 2.98. The lowest BCUT2D eigenvalue weighted by atomic mass is 10.1. The minimum atomic E-state index is -4.32. The van der Waals surface area contributed by atoms with Crippen LogP contribution in [-0.2, 0) is 19.1 Å². The number of halogens is 3. The Labute approximate surface area is 121 Å². The fraction of sp³-hybridized carbons (Fsp3) is 0.333. The van der Waals surface area contributed by atoms with Gasteiger partial charge in [-0.15, -0.1) is 0 Å². The SMILES string of the molecule is CCc1cc(NCc2cccc(C(F)(F)F)c2)nc(C)n1. The molecule has 0 spiro atoms. The van der Waals surface area contributed by atoms with Gasteiger partial charge in [0, 0.05) is 18.3 Å². The number of aromatic nitrogens is 2. The molecule has 3 nitrogen and oxygen atoms in total. The first-order valence-corrected chi connectivity index (χ1v) is 6.63. The van der Waals surface area contributed by atoms with Crippen molar-refractivity contribution in [3.8, 4) is 0 Å². The Morgan fingerprint density at radius 3 is 2.57 bits per heavy atom. The molecule has 1 heterocycles. The second-order valence-electron chi connectivity index (χ2n) is 4.70. The van der Waals surface area contributed by atoms with E-state index >= 15 is 0 Å². The number of anilines is 1. The molecular weight excluding hydrogens is 279 g/mol. The van der Waals surface area contributed by atoms with Crippen LogP contribution in [-0.4, -0.2) is 9.97 Å². The maximum atomic E-state index is 12.6. The standard InChI is InChI=1S/C15H16F3N3/c1-3-13-8-14(21-10(2)20-13)19-9-11-5-4-6-12(7-11)15(16,17)18/h4-8H,3,9H2,1-2H3,(H,19,20,21). The number of aryl methyl sites for hydroxylation is 2. The summed E-state index contributed by atoms with van der Waals surface area (Å²) in [5, 5.41) is 3.04. The molecule has 1 aromatic heterocycles. The molecule has 0 amide bonds. The number of nitrogens with zero attached hydrogens (tertiary/aromatic N) is 2. The van der Waals surface area contributed by atoms with Crippen molar-refractivity contribution in [1.29, 1.82) is 0 Å². The molecule has 0 aliphatic carbocycles. The number of hydrogen-bond acceptors (Lipinski definition) is 3. The predicted octanol–water partition coefficient (Wildman–Crippen LogP) is 3.98. The molecule has 0 aliphatic rings. The molecule has 0 radical (unpaired) electrons. The minimum absolute atomic E-state index is 0.281. The topological polar surface area (TPSA) is 37.8 Å². The van der Waals surface area contributed by atoms with Crippen LogP contribution in [0.25, 0.3) is 0 Å². The summed E-state index contributed by atoms with van der Waals surface area (Å²) in [6.07, 6.45) is -3.54. The molecule has 2 aromatic rings. The van der Waals surface area contributed by atoms with Gasteiger partial charge >= 0.3 is 6.18 Å². The summed E-state index contributed by atoms with van der Waals surface area (Å²) >= 11 is 0. The molecule has 1 aromatic carbocycles. The van der Waals surface area contributed by atoms with Crippen LogP contribution in [0.3, 0.4) is 0 Å². The van der Waals surface area contributed by atoms with Crippen molar-refractivity contribution in [2.45, 2.75) is 33.0 Å². The third-order valence-corrected chi connectivity index (χ3v) is 2.98. The van der Waals surface area contributed by atoms with Crippen molar-refractivity contribution in [3.63, 3.8) is 0 Å². The monoisotopic (exact) mass is 295 g/mol. The van der Waals surface area contributed by atoms with Crippen LogP contribution in [0.15, 0.2) is 30.3 Å². The fourth-order valence-corrected chi connectivity index (χ4v) is 1.95. The van der Waals surface area contributed by atoms with Crippen LogP contribution in [0.2, 0.25) is 0 Å². The number of benzene rings is 1. The Hall–Kier alpha value is -2.11. The second kappa shape index (κ2) is 6.11. The summed E-state index contributed by atoms with van der Waals surface area (Å²) in [5.74, 6) is 1.26. The van der Waals surface area contributed by atoms with Crippen molar-refractivity contribution in [3.05, 3.63) is 53.0 Å². The highest BCUT2D eigenvalue weighted by molar-refractivity contribution is 5.38. The summed E-state index contributed by atoms with van der Waals surface area (Å²) in [6, 6.07) is 7.06. The molecule has 0 atom stereocenters. The van der Waals surface area contributed by atoms with E-state index in [4.69, 9.17) is 0 Å². The number of rotatable bonds is 4. The van der Waals surface area contributed by atoms with Gasteiger partial charge in [-0.1, -0.05) is 19.1 Å². The van der Waals surface area contributed by atoms with Crippen LogP contribution >= 0.6 is 0 Å². The fourth-order valence-electron chi connectivity index (χ4n) is 1.95. The smallest absolute Gasteiger partial charge is 0.366 e. The van der Waals surface area contributed by atoms with Gasteiger partial charge < -0.3 is 5.32 Å². The number of nitrogens with one attached hydrogen (secondary N) is 1. The summed E-state index contributed by atoms with van der Waals surface area (Å²) in [7, 11) is 0. The lowest BCUT2D eigenvalue weighted by molar-refractivity contribution is -0.137. The first-order chi connectivity index (χ1) is 9.88. The van der Waals surface area contributed by atoms with Crippen molar-refractivity contribution < 1.29 is 13.2 Å². The van der Waals surface area contributed by atoms with E-state index in [1.165, 1.54) is 6.07 Å². The molecule has 0 unspecified atom stereocenters. The van der Waals surface area contributed by atoms with Crippen LogP contribution in [0.5, 0.6) is 0 Å². The van der Waals surface area contributed by atoms with E-state index in [9.17, 15) is 13.2 Å². The molecule has 0 saturated carbocycles. The van der Waals surface area contributed by atoms with E-state index in [0.29, 0.717) is 17.2 Å². The Morgan fingerprint density at radius 2 is 1.90 bits per heavy atom. The molecule has 1 N–H and O–H groups in total. The minimum Gasteiger partial charge on any atom is -0.366 e. The molecule has 6 heteroatoms. The van der Waals surface area contributed by atoms with Crippen LogP contribution < -0.4 is 5.32 Å². The molecule has 2 rings (SSSR count). The zero-order valence-electron chi connectivity index (χ0n) is 11.8. The van der Waals surface area contributed by atoms with E-state index in [-0.39, 0.29) is 6.54 Å². The van der Waals surface area contributed by atoms with Gasteiger partial charge in [-0.05, 0) is 31.0 Å². The van der Waals surface area contributed by atoms with Crippen LogP contribution in [0, 0.1) is 6.92 Å². The second-order valence-corrected chi connectivity index (χ2v) is 4.70.